The third-order valence-corrected chi connectivity index (χ3v) is 3.44. The Morgan fingerprint density at radius 2 is 2.57 bits per heavy atom. The van der Waals surface area contributed by atoms with Gasteiger partial charge in [-0.1, -0.05) is 0 Å². The molecule has 0 radical (unpaired) electrons. The van der Waals surface area contributed by atoms with Gasteiger partial charge >= 0.3 is 0 Å². The van der Waals surface area contributed by atoms with Crippen molar-refractivity contribution in [3.8, 4) is 0 Å². The number of likely N-dealkylation sites (N-methyl/N-ethyl adjacent to an activating group) is 1. The van der Waals surface area contributed by atoms with Crippen LogP contribution < -0.4 is 0 Å². The van der Waals surface area contributed by atoms with Crippen molar-refractivity contribution >= 4 is 17.1 Å². The molecule has 0 aliphatic heterocycles. The summed E-state index contributed by atoms with van der Waals surface area (Å²) in [5.41, 5.74) is 0. The molecule has 1 aliphatic carbocycles. The molecule has 0 spiro atoms. The van der Waals surface area contributed by atoms with Crippen molar-refractivity contribution in [3.05, 3.63) is 16.6 Å². The monoisotopic (exact) mass is 210 g/mol. The summed E-state index contributed by atoms with van der Waals surface area (Å²) in [6.07, 6.45) is 4.63. The number of nitrogens with zero attached hydrogens (tertiary/aromatic N) is 2. The number of carbonyl (C=O) groups excluding carboxylic acids is 1. The fourth-order valence-electron chi connectivity index (χ4n) is 1.92. The van der Waals surface area contributed by atoms with Crippen molar-refractivity contribution in [2.75, 3.05) is 7.05 Å². The highest BCUT2D eigenvalue weighted by atomic mass is 32.1. The minimum absolute atomic E-state index is 0.138. The average molecular weight is 210 g/mol. The van der Waals surface area contributed by atoms with Gasteiger partial charge in [0.25, 0.3) is 0 Å². The van der Waals surface area contributed by atoms with Gasteiger partial charge in [-0.2, -0.15) is 0 Å². The molecule has 1 heterocycles. The lowest BCUT2D eigenvalue weighted by molar-refractivity contribution is -0.121. The van der Waals surface area contributed by atoms with Crippen molar-refractivity contribution in [3.63, 3.8) is 0 Å². The van der Waals surface area contributed by atoms with E-state index in [1.807, 2.05) is 18.6 Å². The van der Waals surface area contributed by atoms with Crippen LogP contribution in [-0.2, 0) is 11.3 Å². The van der Waals surface area contributed by atoms with Gasteiger partial charge in [-0.15, -0.1) is 11.3 Å². The number of carbonyl (C=O) groups is 1. The van der Waals surface area contributed by atoms with Gasteiger partial charge in [-0.25, -0.2) is 4.98 Å². The van der Waals surface area contributed by atoms with E-state index < -0.39 is 0 Å². The Morgan fingerprint density at radius 3 is 3.14 bits per heavy atom. The molecule has 1 saturated carbocycles. The van der Waals surface area contributed by atoms with Gasteiger partial charge in [-0.05, 0) is 19.9 Å². The van der Waals surface area contributed by atoms with E-state index in [-0.39, 0.29) is 6.04 Å². The minimum Gasteiger partial charge on any atom is -0.298 e. The summed E-state index contributed by atoms with van der Waals surface area (Å²) >= 11 is 1.65. The number of hydrogen-bond acceptors (Lipinski definition) is 4. The zero-order valence-electron chi connectivity index (χ0n) is 8.27. The third-order valence-electron chi connectivity index (χ3n) is 2.67. The number of ketones is 1. The smallest absolute Gasteiger partial charge is 0.149 e. The average Bonchev–Trinajstić information content (AvgIpc) is 2.75. The second-order valence-corrected chi connectivity index (χ2v) is 4.69. The fourth-order valence-corrected chi connectivity index (χ4v) is 2.60. The highest BCUT2D eigenvalue weighted by molar-refractivity contribution is 7.09. The van der Waals surface area contributed by atoms with Crippen LogP contribution in [0, 0.1) is 0 Å². The zero-order chi connectivity index (χ0) is 9.97. The summed E-state index contributed by atoms with van der Waals surface area (Å²) in [6.45, 7) is 0.800. The van der Waals surface area contributed by atoms with Gasteiger partial charge in [0, 0.05) is 18.0 Å². The number of Topliss-reactive ketones (excluding diaryl/α,β-unsaturated/α-hetero) is 1. The van der Waals surface area contributed by atoms with E-state index in [0.29, 0.717) is 5.78 Å². The molecule has 1 unspecified atom stereocenters. The molecule has 1 atom stereocenters. The molecule has 0 saturated heterocycles. The van der Waals surface area contributed by atoms with Crippen molar-refractivity contribution in [2.24, 2.45) is 0 Å². The number of hydrogen-bond donors (Lipinski definition) is 0. The van der Waals surface area contributed by atoms with Gasteiger partial charge in [0.05, 0.1) is 12.6 Å². The molecule has 3 nitrogen and oxygen atoms in total. The fraction of sp³-hybridized carbons (Fsp3) is 0.600. The molecule has 0 N–H and O–H groups in total. The molecule has 0 amide bonds. The lowest BCUT2D eigenvalue weighted by Crippen LogP contribution is -2.34. The van der Waals surface area contributed by atoms with Crippen LogP contribution >= 0.6 is 11.3 Å². The van der Waals surface area contributed by atoms with Crippen LogP contribution in [0.25, 0.3) is 0 Å². The van der Waals surface area contributed by atoms with E-state index in [0.717, 1.165) is 30.8 Å². The predicted molar refractivity (Wildman–Crippen MR) is 56.2 cm³/mol. The molecule has 0 bridgehead atoms. The summed E-state index contributed by atoms with van der Waals surface area (Å²) in [6, 6.07) is 0.138. The molecule has 2 rings (SSSR count). The van der Waals surface area contributed by atoms with Crippen LogP contribution in [0.2, 0.25) is 0 Å². The maximum atomic E-state index is 11.5. The van der Waals surface area contributed by atoms with E-state index in [9.17, 15) is 4.79 Å². The van der Waals surface area contributed by atoms with Gasteiger partial charge < -0.3 is 0 Å². The van der Waals surface area contributed by atoms with Crippen molar-refractivity contribution in [1.29, 1.82) is 0 Å². The largest absolute Gasteiger partial charge is 0.298 e. The maximum absolute atomic E-state index is 11.5. The topological polar surface area (TPSA) is 33.2 Å². The van der Waals surface area contributed by atoms with Gasteiger partial charge in [0.1, 0.15) is 10.8 Å². The summed E-state index contributed by atoms with van der Waals surface area (Å²) in [4.78, 5) is 17.8. The first-order chi connectivity index (χ1) is 6.77. The van der Waals surface area contributed by atoms with E-state index in [2.05, 4.69) is 9.88 Å². The second kappa shape index (κ2) is 4.19. The molecule has 1 fully saturated rings. The zero-order valence-corrected chi connectivity index (χ0v) is 9.09. The normalized spacial score (nSPS) is 22.1. The second-order valence-electron chi connectivity index (χ2n) is 3.72. The molecule has 0 aromatic carbocycles. The van der Waals surface area contributed by atoms with Crippen LogP contribution in [0.3, 0.4) is 0 Å². The van der Waals surface area contributed by atoms with Crippen LogP contribution in [-0.4, -0.2) is 28.8 Å². The Morgan fingerprint density at radius 1 is 1.71 bits per heavy atom. The van der Waals surface area contributed by atoms with Crippen molar-refractivity contribution in [2.45, 2.75) is 31.8 Å². The van der Waals surface area contributed by atoms with E-state index in [1.54, 1.807) is 11.3 Å². The molecule has 4 heteroatoms. The van der Waals surface area contributed by atoms with E-state index >= 15 is 0 Å². The quantitative estimate of drug-likeness (QED) is 0.761. The van der Waals surface area contributed by atoms with E-state index in [4.69, 9.17) is 0 Å². The van der Waals surface area contributed by atoms with Crippen LogP contribution in [0.4, 0.5) is 0 Å². The first kappa shape index (κ1) is 9.80. The molecule has 76 valence electrons. The molecular weight excluding hydrogens is 196 g/mol. The number of rotatable bonds is 3. The Hall–Kier alpha value is -0.740. The Balaban J connectivity index is 1.95. The molecule has 14 heavy (non-hydrogen) atoms. The minimum atomic E-state index is 0.138. The Kier molecular flexibility index (Phi) is 2.93. The van der Waals surface area contributed by atoms with Crippen molar-refractivity contribution < 1.29 is 4.79 Å². The van der Waals surface area contributed by atoms with Gasteiger partial charge in [0.2, 0.25) is 0 Å². The molecule has 1 aromatic heterocycles. The predicted octanol–water partition coefficient (Wildman–Crippen LogP) is 1.70. The van der Waals surface area contributed by atoms with Crippen molar-refractivity contribution in [1.82, 2.24) is 9.88 Å². The first-order valence-electron chi connectivity index (χ1n) is 4.88. The molecular formula is C10H14N2OS. The SMILES string of the molecule is CN(Cc1nccs1)C1CCCC1=O. The van der Waals surface area contributed by atoms with Crippen LogP contribution in [0.15, 0.2) is 11.6 Å². The maximum Gasteiger partial charge on any atom is 0.149 e. The molecule has 1 aromatic rings. The third kappa shape index (κ3) is 2.01. The highest BCUT2D eigenvalue weighted by Gasteiger charge is 2.28. The molecule has 1 aliphatic rings. The lowest BCUT2D eigenvalue weighted by Gasteiger charge is -2.21. The highest BCUT2D eigenvalue weighted by Crippen LogP contribution is 2.21. The lowest BCUT2D eigenvalue weighted by atomic mass is 10.2. The summed E-state index contributed by atoms with van der Waals surface area (Å²) < 4.78 is 0. The van der Waals surface area contributed by atoms with E-state index in [1.165, 1.54) is 0 Å². The number of thiazole rings is 1. The van der Waals surface area contributed by atoms with Crippen LogP contribution in [0.1, 0.15) is 24.3 Å². The Bertz CT molecular complexity index is 310. The summed E-state index contributed by atoms with van der Waals surface area (Å²) in [5, 5.41) is 3.06. The summed E-state index contributed by atoms with van der Waals surface area (Å²) in [7, 11) is 2.01. The standard InChI is InChI=1S/C10H14N2OS/c1-12(7-10-11-5-6-14-10)8-3-2-4-9(8)13/h5-6,8H,2-4,7H2,1H3. The van der Waals surface area contributed by atoms with Gasteiger partial charge in [-0.3, -0.25) is 9.69 Å². The summed E-state index contributed by atoms with van der Waals surface area (Å²) in [5.74, 6) is 0.393. The van der Waals surface area contributed by atoms with Crippen LogP contribution in [0.5, 0.6) is 0 Å². The number of aromatic nitrogens is 1. The first-order valence-corrected chi connectivity index (χ1v) is 5.76. The Labute approximate surface area is 87.8 Å². The van der Waals surface area contributed by atoms with Gasteiger partial charge in [0.15, 0.2) is 0 Å².